The van der Waals surface area contributed by atoms with E-state index in [1.54, 1.807) is 24.3 Å². The van der Waals surface area contributed by atoms with Crippen LogP contribution in [0.5, 0.6) is 0 Å². The van der Waals surface area contributed by atoms with Crippen molar-refractivity contribution in [3.05, 3.63) is 54.1 Å². The SMILES string of the molecule is CON(C)S(=O)(=O)c1ccc(C(=O)Nc2ccccc2N2CCOC2=O)cc1. The maximum absolute atomic E-state index is 12.6. The fraction of sp³-hybridized carbons (Fsp3) is 0.222. The van der Waals surface area contributed by atoms with Crippen LogP contribution in [-0.2, 0) is 19.6 Å². The lowest BCUT2D eigenvalue weighted by Gasteiger charge is -2.18. The van der Waals surface area contributed by atoms with Crippen LogP contribution >= 0.6 is 0 Å². The lowest BCUT2D eigenvalue weighted by molar-refractivity contribution is -0.0258. The Hall–Kier alpha value is -2.95. The largest absolute Gasteiger partial charge is 0.447 e. The van der Waals surface area contributed by atoms with E-state index >= 15 is 0 Å². The molecule has 0 atom stereocenters. The molecular weight excluding hydrogens is 386 g/mol. The molecule has 10 heteroatoms. The van der Waals surface area contributed by atoms with E-state index in [0.29, 0.717) is 17.9 Å². The number of rotatable bonds is 6. The molecule has 3 rings (SSSR count). The number of carbonyl (C=O) groups excluding carboxylic acids is 2. The van der Waals surface area contributed by atoms with Crippen LogP contribution in [0.4, 0.5) is 16.2 Å². The van der Waals surface area contributed by atoms with E-state index in [0.717, 1.165) is 4.47 Å². The van der Waals surface area contributed by atoms with Crippen molar-refractivity contribution in [2.24, 2.45) is 0 Å². The van der Waals surface area contributed by atoms with Gasteiger partial charge in [-0.3, -0.25) is 14.5 Å². The summed E-state index contributed by atoms with van der Waals surface area (Å²) in [4.78, 5) is 30.5. The minimum absolute atomic E-state index is 0.00591. The Bertz CT molecular complexity index is 991. The fourth-order valence-electron chi connectivity index (χ4n) is 2.65. The number of hydroxylamine groups is 1. The van der Waals surface area contributed by atoms with E-state index in [4.69, 9.17) is 9.57 Å². The standard InChI is InChI=1S/C18H19N3O6S/c1-20(26-2)28(24,25)14-9-7-13(8-10-14)17(22)19-15-5-3-4-6-16(15)21-11-12-27-18(21)23/h3-10H,11-12H2,1-2H3,(H,19,22). The number of para-hydroxylation sites is 2. The van der Waals surface area contributed by atoms with Crippen LogP contribution in [0.2, 0.25) is 0 Å². The molecule has 1 fully saturated rings. The second-order valence-corrected chi connectivity index (χ2v) is 7.79. The monoisotopic (exact) mass is 405 g/mol. The highest BCUT2D eigenvalue weighted by molar-refractivity contribution is 7.89. The van der Waals surface area contributed by atoms with Gasteiger partial charge in [-0.2, -0.15) is 0 Å². The summed E-state index contributed by atoms with van der Waals surface area (Å²) in [5.41, 5.74) is 1.24. The summed E-state index contributed by atoms with van der Waals surface area (Å²) >= 11 is 0. The predicted octanol–water partition coefficient (Wildman–Crippen LogP) is 2.08. The highest BCUT2D eigenvalue weighted by Crippen LogP contribution is 2.28. The first-order chi connectivity index (χ1) is 13.3. The molecule has 1 saturated heterocycles. The number of nitrogens with zero attached hydrogens (tertiary/aromatic N) is 2. The van der Waals surface area contributed by atoms with Crippen molar-refractivity contribution >= 4 is 33.4 Å². The normalized spacial score (nSPS) is 14.2. The number of anilines is 2. The first-order valence-electron chi connectivity index (χ1n) is 8.32. The van der Waals surface area contributed by atoms with Gasteiger partial charge in [-0.1, -0.05) is 16.6 Å². The number of hydrogen-bond acceptors (Lipinski definition) is 6. The molecule has 0 unspecified atom stereocenters. The average molecular weight is 405 g/mol. The molecule has 1 aliphatic heterocycles. The van der Waals surface area contributed by atoms with Gasteiger partial charge in [0.2, 0.25) is 0 Å². The molecule has 148 valence electrons. The molecule has 28 heavy (non-hydrogen) atoms. The summed E-state index contributed by atoms with van der Waals surface area (Å²) in [5, 5.41) is 2.74. The molecule has 2 aromatic rings. The van der Waals surface area contributed by atoms with Crippen molar-refractivity contribution in [3.8, 4) is 0 Å². The second kappa shape index (κ2) is 7.97. The van der Waals surface area contributed by atoms with Crippen molar-refractivity contribution < 1.29 is 27.6 Å². The summed E-state index contributed by atoms with van der Waals surface area (Å²) in [6, 6.07) is 12.3. The van der Waals surface area contributed by atoms with Crippen molar-refractivity contribution in [3.63, 3.8) is 0 Å². The van der Waals surface area contributed by atoms with E-state index in [-0.39, 0.29) is 17.1 Å². The number of carbonyl (C=O) groups is 2. The van der Waals surface area contributed by atoms with Gasteiger partial charge in [-0.15, -0.1) is 0 Å². The molecule has 1 aliphatic rings. The zero-order valence-electron chi connectivity index (χ0n) is 15.3. The molecule has 1 heterocycles. The van der Waals surface area contributed by atoms with Crippen LogP contribution in [0.15, 0.2) is 53.4 Å². The van der Waals surface area contributed by atoms with Crippen molar-refractivity contribution in [2.75, 3.05) is 37.5 Å². The Labute approximate surface area is 162 Å². The van der Waals surface area contributed by atoms with Gasteiger partial charge in [0.05, 0.1) is 29.9 Å². The number of cyclic esters (lactones) is 1. The zero-order valence-corrected chi connectivity index (χ0v) is 16.1. The second-order valence-electron chi connectivity index (χ2n) is 5.86. The van der Waals surface area contributed by atoms with Crippen molar-refractivity contribution in [1.82, 2.24) is 4.47 Å². The van der Waals surface area contributed by atoms with Gasteiger partial charge in [0.15, 0.2) is 0 Å². The summed E-state index contributed by atoms with van der Waals surface area (Å²) in [6.07, 6.45) is -0.474. The van der Waals surface area contributed by atoms with E-state index in [2.05, 4.69) is 5.32 Å². The van der Waals surface area contributed by atoms with Gasteiger partial charge >= 0.3 is 6.09 Å². The lowest BCUT2D eigenvalue weighted by Crippen LogP contribution is -2.26. The highest BCUT2D eigenvalue weighted by atomic mass is 32.2. The van der Waals surface area contributed by atoms with Crippen LogP contribution in [-0.4, -0.2) is 52.2 Å². The topological polar surface area (TPSA) is 105 Å². The van der Waals surface area contributed by atoms with Gasteiger partial charge in [0.1, 0.15) is 6.61 Å². The van der Waals surface area contributed by atoms with Gasteiger partial charge in [0.25, 0.3) is 15.9 Å². The van der Waals surface area contributed by atoms with Crippen molar-refractivity contribution in [2.45, 2.75) is 4.90 Å². The summed E-state index contributed by atoms with van der Waals surface area (Å²) in [7, 11) is -1.28. The number of sulfonamides is 1. The number of amides is 2. The number of hydrogen-bond donors (Lipinski definition) is 1. The van der Waals surface area contributed by atoms with Crippen LogP contribution < -0.4 is 10.2 Å². The molecule has 0 radical (unpaired) electrons. The van der Waals surface area contributed by atoms with E-state index in [1.165, 1.54) is 43.3 Å². The van der Waals surface area contributed by atoms with Crippen LogP contribution in [0.25, 0.3) is 0 Å². The van der Waals surface area contributed by atoms with Crippen LogP contribution in [0.1, 0.15) is 10.4 Å². The minimum Gasteiger partial charge on any atom is -0.447 e. The number of nitrogens with one attached hydrogen (secondary N) is 1. The molecule has 2 amide bonds. The molecule has 9 nitrogen and oxygen atoms in total. The Kier molecular flexibility index (Phi) is 5.63. The highest BCUT2D eigenvalue weighted by Gasteiger charge is 2.26. The quantitative estimate of drug-likeness (QED) is 0.738. The van der Waals surface area contributed by atoms with Crippen molar-refractivity contribution in [1.29, 1.82) is 0 Å². The smallest absolute Gasteiger partial charge is 0.414 e. The van der Waals surface area contributed by atoms with E-state index < -0.39 is 22.0 Å². The predicted molar refractivity (Wildman–Crippen MR) is 101 cm³/mol. The number of ether oxygens (including phenoxy) is 1. The minimum atomic E-state index is -3.79. The molecule has 0 spiro atoms. The average Bonchev–Trinajstić information content (AvgIpc) is 3.13. The Morgan fingerprint density at radius 2 is 1.86 bits per heavy atom. The first kappa shape index (κ1) is 19.8. The summed E-state index contributed by atoms with van der Waals surface area (Å²) in [5.74, 6) is -0.441. The summed E-state index contributed by atoms with van der Waals surface area (Å²) in [6.45, 7) is 0.679. The third-order valence-electron chi connectivity index (χ3n) is 4.21. The van der Waals surface area contributed by atoms with Crippen LogP contribution in [0, 0.1) is 0 Å². The molecular formula is C18H19N3O6S. The van der Waals surface area contributed by atoms with E-state index in [1.807, 2.05) is 0 Å². The van der Waals surface area contributed by atoms with Gasteiger partial charge in [-0.25, -0.2) is 13.2 Å². The van der Waals surface area contributed by atoms with Gasteiger partial charge in [0, 0.05) is 12.6 Å². The van der Waals surface area contributed by atoms with Gasteiger partial charge < -0.3 is 10.1 Å². The summed E-state index contributed by atoms with van der Waals surface area (Å²) < 4.78 is 30.1. The van der Waals surface area contributed by atoms with E-state index in [9.17, 15) is 18.0 Å². The maximum atomic E-state index is 12.6. The number of benzene rings is 2. The lowest BCUT2D eigenvalue weighted by atomic mass is 10.2. The molecule has 2 aromatic carbocycles. The third kappa shape index (κ3) is 3.84. The van der Waals surface area contributed by atoms with Crippen LogP contribution in [0.3, 0.4) is 0 Å². The molecule has 0 saturated carbocycles. The Balaban J connectivity index is 1.80. The molecule has 1 N–H and O–H groups in total. The first-order valence-corrected chi connectivity index (χ1v) is 9.76. The molecule has 0 aromatic heterocycles. The Morgan fingerprint density at radius 1 is 1.18 bits per heavy atom. The molecule has 0 aliphatic carbocycles. The zero-order chi connectivity index (χ0) is 20.3. The maximum Gasteiger partial charge on any atom is 0.414 e. The molecule has 0 bridgehead atoms. The third-order valence-corrected chi connectivity index (χ3v) is 5.91. The fourth-order valence-corrected chi connectivity index (χ4v) is 3.62. The van der Waals surface area contributed by atoms with Gasteiger partial charge in [-0.05, 0) is 36.4 Å². The Morgan fingerprint density at radius 3 is 2.46 bits per heavy atom.